The molecule has 1 aromatic carbocycles. The first-order chi connectivity index (χ1) is 10.9. The highest BCUT2D eigenvalue weighted by Gasteiger charge is 2.28. The van der Waals surface area contributed by atoms with Gasteiger partial charge in [0.1, 0.15) is 6.04 Å². The summed E-state index contributed by atoms with van der Waals surface area (Å²) in [6.45, 7) is 2.68. The van der Waals surface area contributed by atoms with Gasteiger partial charge >= 0.3 is 12.1 Å². The molecule has 1 rings (SSSR count). The smallest absolute Gasteiger partial charge is 0.480 e. The minimum absolute atomic E-state index is 0.0713. The molecular weight excluding hydrogens is 325 g/mol. The van der Waals surface area contributed by atoms with E-state index in [-0.39, 0.29) is 12.5 Å². The Kier molecular flexibility index (Phi) is 8.18. The molecule has 1 atom stereocenters. The van der Waals surface area contributed by atoms with Gasteiger partial charge in [0, 0.05) is 6.42 Å². The highest BCUT2D eigenvalue weighted by Crippen LogP contribution is 2.17. The summed E-state index contributed by atoms with van der Waals surface area (Å²) in [4.78, 5) is 28.2. The molecule has 0 radical (unpaired) electrons. The van der Waals surface area contributed by atoms with Gasteiger partial charge in [0.2, 0.25) is 6.79 Å². The molecule has 0 aliphatic rings. The highest BCUT2D eigenvalue weighted by atomic mass is 31.1. The van der Waals surface area contributed by atoms with Crippen LogP contribution in [-0.4, -0.2) is 41.0 Å². The summed E-state index contributed by atoms with van der Waals surface area (Å²) in [7, 11) is -0.670. The lowest BCUT2D eigenvalue weighted by atomic mass is 10.1. The third-order valence-electron chi connectivity index (χ3n) is 2.60. The van der Waals surface area contributed by atoms with E-state index in [0.717, 1.165) is 5.56 Å². The summed E-state index contributed by atoms with van der Waals surface area (Å²) in [6.07, 6.45) is -1.25. The molecule has 126 valence electrons. The van der Waals surface area contributed by atoms with Crippen LogP contribution in [-0.2, 0) is 30.1 Å². The molecular formula is C14H18NO7P. The molecule has 9 heteroatoms. The average Bonchev–Trinajstić information content (AvgIpc) is 2.50. The van der Waals surface area contributed by atoms with Gasteiger partial charge in [0.05, 0.1) is 6.10 Å². The van der Waals surface area contributed by atoms with Gasteiger partial charge in [-0.1, -0.05) is 35.2 Å². The summed E-state index contributed by atoms with van der Waals surface area (Å²) >= 11 is 0. The first kappa shape index (κ1) is 19.0. The molecule has 0 aliphatic carbocycles. The van der Waals surface area contributed by atoms with Crippen molar-refractivity contribution in [2.75, 3.05) is 6.79 Å². The van der Waals surface area contributed by atoms with Crippen LogP contribution >= 0.6 is 8.61 Å². The van der Waals surface area contributed by atoms with Crippen molar-refractivity contribution in [1.29, 1.82) is 0 Å². The third kappa shape index (κ3) is 7.19. The van der Waals surface area contributed by atoms with E-state index in [1.54, 1.807) is 44.2 Å². The van der Waals surface area contributed by atoms with Gasteiger partial charge in [-0.15, -0.1) is 0 Å². The maximum absolute atomic E-state index is 11.3. The summed E-state index contributed by atoms with van der Waals surface area (Å²) in [5.74, 6) is -1.22. The van der Waals surface area contributed by atoms with E-state index in [4.69, 9.17) is 9.57 Å². The molecule has 0 spiro atoms. The van der Waals surface area contributed by atoms with Crippen LogP contribution in [0.15, 0.2) is 30.3 Å². The molecule has 23 heavy (non-hydrogen) atoms. The van der Waals surface area contributed by atoms with Crippen molar-refractivity contribution in [3.05, 3.63) is 35.9 Å². The second-order valence-corrected chi connectivity index (χ2v) is 5.29. The van der Waals surface area contributed by atoms with Crippen LogP contribution in [0.2, 0.25) is 0 Å². The predicted octanol–water partition coefficient (Wildman–Crippen LogP) is 2.64. The summed E-state index contributed by atoms with van der Waals surface area (Å²) in [6, 6.07) is 7.60. The maximum Gasteiger partial charge on any atom is 0.510 e. The van der Waals surface area contributed by atoms with Crippen LogP contribution < -0.4 is 0 Å². The van der Waals surface area contributed by atoms with Gasteiger partial charge in [0.25, 0.3) is 8.61 Å². The van der Waals surface area contributed by atoms with Gasteiger partial charge in [0.15, 0.2) is 0 Å². The molecule has 0 unspecified atom stereocenters. The van der Waals surface area contributed by atoms with Crippen molar-refractivity contribution in [2.24, 2.45) is 0 Å². The van der Waals surface area contributed by atoms with E-state index in [9.17, 15) is 19.3 Å². The molecule has 1 aromatic rings. The Morgan fingerprint density at radius 2 is 1.91 bits per heavy atom. The molecule has 0 aliphatic heterocycles. The van der Waals surface area contributed by atoms with Gasteiger partial charge in [-0.2, -0.15) is 0 Å². The minimum Gasteiger partial charge on any atom is -0.480 e. The number of hydrogen-bond donors (Lipinski definition) is 1. The van der Waals surface area contributed by atoms with E-state index < -0.39 is 33.6 Å². The predicted molar refractivity (Wildman–Crippen MR) is 79.7 cm³/mol. The number of benzene rings is 1. The van der Waals surface area contributed by atoms with Crippen molar-refractivity contribution < 1.29 is 33.6 Å². The molecule has 0 bridgehead atoms. The van der Waals surface area contributed by atoms with Gasteiger partial charge < -0.3 is 14.6 Å². The second-order valence-electron chi connectivity index (χ2n) is 4.74. The van der Waals surface area contributed by atoms with Crippen LogP contribution in [0.4, 0.5) is 4.79 Å². The average molecular weight is 343 g/mol. The molecule has 0 aromatic heterocycles. The van der Waals surface area contributed by atoms with Crippen LogP contribution in [0.3, 0.4) is 0 Å². The fourth-order valence-electron chi connectivity index (χ4n) is 1.62. The number of nitrogens with zero attached hydrogens (tertiary/aromatic N) is 1. The van der Waals surface area contributed by atoms with Gasteiger partial charge in [-0.25, -0.2) is 9.63 Å². The zero-order chi connectivity index (χ0) is 17.2. The fraction of sp³-hybridized carbons (Fsp3) is 0.429. The van der Waals surface area contributed by atoms with Crippen molar-refractivity contribution in [2.45, 2.75) is 32.4 Å². The van der Waals surface area contributed by atoms with Crippen LogP contribution in [0.1, 0.15) is 19.4 Å². The lowest BCUT2D eigenvalue weighted by Gasteiger charge is -2.21. The Morgan fingerprint density at radius 1 is 1.26 bits per heavy atom. The molecule has 8 nitrogen and oxygen atoms in total. The first-order valence-electron chi connectivity index (χ1n) is 6.79. The Hall–Kier alpha value is -2.02. The first-order valence-corrected chi connectivity index (χ1v) is 7.56. The molecule has 0 saturated carbocycles. The standard InChI is InChI=1S/C14H18NO7P/c1-10(2)22-14(18)20-9-21-15(23-19)12(13(16)17)8-11-6-4-3-5-7-11/h3-7,10,12H,8-9H2,1-2H3,(H,16,17)/t12-/m0/s1. The number of hydroxylamine groups is 1. The number of carboxylic acids is 1. The Balaban J connectivity index is 2.59. The second kappa shape index (κ2) is 9.89. The lowest BCUT2D eigenvalue weighted by Crippen LogP contribution is -2.37. The fourth-order valence-corrected chi connectivity index (χ4v) is 2.01. The van der Waals surface area contributed by atoms with Crippen molar-refractivity contribution >= 4 is 20.7 Å². The summed E-state index contributed by atoms with van der Waals surface area (Å²) < 4.78 is 20.5. The van der Waals surface area contributed by atoms with Crippen molar-refractivity contribution in [3.8, 4) is 0 Å². The summed E-state index contributed by atoms with van der Waals surface area (Å²) in [5, 5.41) is 9.27. The quantitative estimate of drug-likeness (QED) is 0.316. The van der Waals surface area contributed by atoms with Gasteiger partial charge in [-0.05, 0) is 19.4 Å². The zero-order valence-electron chi connectivity index (χ0n) is 12.7. The SMILES string of the molecule is CC(C)OC(=O)OCON(P=O)[C@@H](Cc1ccccc1)C(=O)O. The Labute approximate surface area is 135 Å². The number of carboxylic acid groups (broad SMARTS) is 1. The number of carbonyl (C=O) groups excluding carboxylic acids is 1. The monoisotopic (exact) mass is 343 g/mol. The van der Waals surface area contributed by atoms with Crippen LogP contribution in [0.25, 0.3) is 0 Å². The molecule has 0 saturated heterocycles. The van der Waals surface area contributed by atoms with E-state index in [2.05, 4.69) is 4.74 Å². The van der Waals surface area contributed by atoms with E-state index in [1.165, 1.54) is 0 Å². The van der Waals surface area contributed by atoms with E-state index >= 15 is 0 Å². The zero-order valence-corrected chi connectivity index (χ0v) is 13.6. The van der Waals surface area contributed by atoms with Gasteiger partial charge in [-0.3, -0.25) is 9.36 Å². The highest BCUT2D eigenvalue weighted by molar-refractivity contribution is 7.20. The largest absolute Gasteiger partial charge is 0.510 e. The minimum atomic E-state index is -1.22. The molecule has 0 heterocycles. The Morgan fingerprint density at radius 3 is 2.43 bits per heavy atom. The maximum atomic E-state index is 11.3. The van der Waals surface area contributed by atoms with Crippen molar-refractivity contribution in [1.82, 2.24) is 4.83 Å². The number of carbonyl (C=O) groups is 2. The Bertz CT molecular complexity index is 523. The summed E-state index contributed by atoms with van der Waals surface area (Å²) in [5.41, 5.74) is 0.734. The van der Waals surface area contributed by atoms with Crippen LogP contribution in [0.5, 0.6) is 0 Å². The number of rotatable bonds is 9. The molecule has 0 fully saturated rings. The van der Waals surface area contributed by atoms with Crippen LogP contribution in [0, 0.1) is 0 Å². The lowest BCUT2D eigenvalue weighted by molar-refractivity contribution is -0.188. The molecule has 0 amide bonds. The van der Waals surface area contributed by atoms with E-state index in [0.29, 0.717) is 4.83 Å². The number of hydrogen-bond acceptors (Lipinski definition) is 6. The number of ether oxygens (including phenoxy) is 2. The normalized spacial score (nSPS) is 12.3. The topological polar surface area (TPSA) is 102 Å². The van der Waals surface area contributed by atoms with E-state index in [1.807, 2.05) is 0 Å². The third-order valence-corrected chi connectivity index (χ3v) is 3.15. The molecule has 1 N–H and O–H groups in total. The number of aliphatic carboxylic acids is 1. The van der Waals surface area contributed by atoms with Crippen molar-refractivity contribution in [3.63, 3.8) is 0 Å².